The maximum Gasteiger partial charge on any atom is 0.311 e. The number of carbonyl (C=O) groups excluding carboxylic acids is 1. The van der Waals surface area contributed by atoms with E-state index in [-0.39, 0.29) is 12.4 Å². The van der Waals surface area contributed by atoms with Gasteiger partial charge in [0.2, 0.25) is 0 Å². The molecule has 0 atom stereocenters. The minimum absolute atomic E-state index is 0.279. The Bertz CT molecular complexity index is 1030. The molecule has 0 spiro atoms. The van der Waals surface area contributed by atoms with Crippen molar-refractivity contribution in [1.82, 2.24) is 0 Å². The molecule has 0 unspecified atom stereocenters. The van der Waals surface area contributed by atoms with Crippen LogP contribution in [0.25, 0.3) is 11.6 Å². The van der Waals surface area contributed by atoms with Crippen LogP contribution in [0.15, 0.2) is 78.9 Å². The highest BCUT2D eigenvalue weighted by Gasteiger charge is 2.11. The van der Waals surface area contributed by atoms with E-state index in [4.69, 9.17) is 9.47 Å². The van der Waals surface area contributed by atoms with Crippen LogP contribution < -0.4 is 9.47 Å². The van der Waals surface area contributed by atoms with Crippen molar-refractivity contribution >= 4 is 17.6 Å². The van der Waals surface area contributed by atoms with Gasteiger partial charge in [0.1, 0.15) is 0 Å². The molecule has 0 aliphatic carbocycles. The zero-order valence-corrected chi connectivity index (χ0v) is 16.2. The summed E-state index contributed by atoms with van der Waals surface area (Å²) in [6.07, 6.45) is 2.67. The Morgan fingerprint density at radius 1 is 0.966 bits per heavy atom. The second-order valence-corrected chi connectivity index (χ2v) is 6.41. The summed E-state index contributed by atoms with van der Waals surface area (Å²) in [6, 6.07) is 26.7. The smallest absolute Gasteiger partial charge is 0.311 e. The van der Waals surface area contributed by atoms with E-state index in [1.54, 1.807) is 24.3 Å². The van der Waals surface area contributed by atoms with Crippen molar-refractivity contribution in [2.45, 2.75) is 12.8 Å². The number of allylic oxidation sites excluding steroid dienone is 1. The molecule has 0 aliphatic rings. The van der Waals surface area contributed by atoms with Crippen molar-refractivity contribution in [3.8, 4) is 17.6 Å². The highest BCUT2D eigenvalue weighted by molar-refractivity contribution is 5.89. The third-order valence-corrected chi connectivity index (χ3v) is 4.39. The number of benzene rings is 3. The van der Waals surface area contributed by atoms with Crippen molar-refractivity contribution in [3.05, 3.63) is 95.6 Å². The van der Waals surface area contributed by atoms with E-state index in [0.717, 1.165) is 16.7 Å². The Kier molecular flexibility index (Phi) is 6.80. The van der Waals surface area contributed by atoms with E-state index in [0.29, 0.717) is 23.5 Å². The highest BCUT2D eigenvalue weighted by Crippen LogP contribution is 2.30. The van der Waals surface area contributed by atoms with Crippen LogP contribution in [0.4, 0.5) is 0 Å². The van der Waals surface area contributed by atoms with Crippen LogP contribution in [0.1, 0.15) is 23.1 Å². The standard InChI is InChI=1S/C25H21NO3/c1-28-24-17-20(16-22(18-26)21-10-6-3-7-11-21)12-14-23(24)29-25(27)15-13-19-8-4-2-5-9-19/h2-12,14,16-17H,13,15H2,1H3/b22-16-. The third kappa shape index (κ3) is 5.57. The van der Waals surface area contributed by atoms with Crippen molar-refractivity contribution in [3.63, 3.8) is 0 Å². The molecule has 0 saturated carbocycles. The molecule has 4 heteroatoms. The van der Waals surface area contributed by atoms with Crippen molar-refractivity contribution < 1.29 is 14.3 Å². The zero-order chi connectivity index (χ0) is 20.5. The minimum atomic E-state index is -0.322. The van der Waals surface area contributed by atoms with Crippen molar-refractivity contribution in [2.75, 3.05) is 7.11 Å². The number of rotatable bonds is 7. The number of nitriles is 1. The molecule has 0 aromatic heterocycles. The van der Waals surface area contributed by atoms with Crippen molar-refractivity contribution in [1.29, 1.82) is 5.26 Å². The van der Waals surface area contributed by atoms with Crippen LogP contribution >= 0.6 is 0 Å². The van der Waals surface area contributed by atoms with Gasteiger partial charge < -0.3 is 9.47 Å². The molecule has 0 saturated heterocycles. The maximum absolute atomic E-state index is 12.2. The van der Waals surface area contributed by atoms with E-state index in [9.17, 15) is 10.1 Å². The second kappa shape index (κ2) is 9.91. The maximum atomic E-state index is 12.2. The van der Waals surface area contributed by atoms with Crippen LogP contribution in [0.5, 0.6) is 11.5 Å². The normalized spacial score (nSPS) is 10.8. The van der Waals surface area contributed by atoms with Gasteiger partial charge in [0.05, 0.1) is 18.8 Å². The van der Waals surface area contributed by atoms with E-state index in [2.05, 4.69) is 6.07 Å². The summed E-state index contributed by atoms with van der Waals surface area (Å²) in [4.78, 5) is 12.2. The molecule has 3 rings (SSSR count). The number of methoxy groups -OCH3 is 1. The van der Waals surface area contributed by atoms with Gasteiger partial charge in [0, 0.05) is 6.42 Å². The fraction of sp³-hybridized carbons (Fsp3) is 0.120. The average molecular weight is 383 g/mol. The number of hydrogen-bond acceptors (Lipinski definition) is 4. The monoisotopic (exact) mass is 383 g/mol. The Morgan fingerprint density at radius 3 is 2.31 bits per heavy atom. The first kappa shape index (κ1) is 19.9. The summed E-state index contributed by atoms with van der Waals surface area (Å²) in [5.74, 6) is 0.482. The molecule has 0 N–H and O–H groups in total. The van der Waals surface area contributed by atoms with Crippen LogP contribution in [0.3, 0.4) is 0 Å². The summed E-state index contributed by atoms with van der Waals surface area (Å²) in [6.45, 7) is 0. The van der Waals surface area contributed by atoms with Gasteiger partial charge in [-0.3, -0.25) is 4.79 Å². The van der Waals surface area contributed by atoms with E-state index in [1.165, 1.54) is 7.11 Å². The molecule has 144 valence electrons. The zero-order valence-electron chi connectivity index (χ0n) is 16.2. The minimum Gasteiger partial charge on any atom is -0.493 e. The molecule has 0 fully saturated rings. The third-order valence-electron chi connectivity index (χ3n) is 4.39. The quantitative estimate of drug-likeness (QED) is 0.240. The SMILES string of the molecule is COc1cc(/C=C(/C#N)c2ccccc2)ccc1OC(=O)CCc1ccccc1. The van der Waals surface area contributed by atoms with Gasteiger partial charge in [-0.05, 0) is 41.3 Å². The van der Waals surface area contributed by atoms with Gasteiger partial charge in [-0.15, -0.1) is 0 Å². The first-order chi connectivity index (χ1) is 14.2. The summed E-state index contributed by atoms with van der Waals surface area (Å²) >= 11 is 0. The number of hydrogen-bond donors (Lipinski definition) is 0. The van der Waals surface area contributed by atoms with Crippen LogP contribution in [0, 0.1) is 11.3 Å². The first-order valence-corrected chi connectivity index (χ1v) is 9.29. The molecular weight excluding hydrogens is 362 g/mol. The lowest BCUT2D eigenvalue weighted by Crippen LogP contribution is -2.09. The summed E-state index contributed by atoms with van der Waals surface area (Å²) in [5, 5.41) is 9.47. The number of esters is 1. The molecule has 0 bridgehead atoms. The lowest BCUT2D eigenvalue weighted by molar-refractivity contribution is -0.134. The fourth-order valence-corrected chi connectivity index (χ4v) is 2.89. The lowest BCUT2D eigenvalue weighted by Gasteiger charge is -2.10. The summed E-state index contributed by atoms with van der Waals surface area (Å²) < 4.78 is 10.9. The Balaban J connectivity index is 1.72. The lowest BCUT2D eigenvalue weighted by atomic mass is 10.0. The number of nitrogens with zero attached hydrogens (tertiary/aromatic N) is 1. The highest BCUT2D eigenvalue weighted by atomic mass is 16.6. The van der Waals surface area contributed by atoms with Gasteiger partial charge in [0.15, 0.2) is 11.5 Å². The van der Waals surface area contributed by atoms with E-state index >= 15 is 0 Å². The summed E-state index contributed by atoms with van der Waals surface area (Å²) in [7, 11) is 1.52. The van der Waals surface area contributed by atoms with Gasteiger partial charge in [-0.1, -0.05) is 66.7 Å². The predicted octanol–water partition coefficient (Wildman–Crippen LogP) is 5.30. The average Bonchev–Trinajstić information content (AvgIpc) is 2.78. The Morgan fingerprint density at radius 2 is 1.66 bits per heavy atom. The van der Waals surface area contributed by atoms with E-state index in [1.807, 2.05) is 60.7 Å². The molecule has 0 radical (unpaired) electrons. The fourth-order valence-electron chi connectivity index (χ4n) is 2.89. The molecule has 0 aliphatic heterocycles. The van der Waals surface area contributed by atoms with E-state index < -0.39 is 0 Å². The van der Waals surface area contributed by atoms with Gasteiger partial charge in [0.25, 0.3) is 0 Å². The molecule has 29 heavy (non-hydrogen) atoms. The van der Waals surface area contributed by atoms with Gasteiger partial charge in [-0.2, -0.15) is 5.26 Å². The number of carbonyl (C=O) groups is 1. The van der Waals surface area contributed by atoms with Gasteiger partial charge >= 0.3 is 5.97 Å². The predicted molar refractivity (Wildman–Crippen MR) is 113 cm³/mol. The van der Waals surface area contributed by atoms with Crippen molar-refractivity contribution in [2.24, 2.45) is 0 Å². The number of ether oxygens (including phenoxy) is 2. The second-order valence-electron chi connectivity index (χ2n) is 6.41. The number of aryl methyl sites for hydroxylation is 1. The topological polar surface area (TPSA) is 59.3 Å². The van der Waals surface area contributed by atoms with Crippen LogP contribution in [-0.2, 0) is 11.2 Å². The van der Waals surface area contributed by atoms with Gasteiger partial charge in [-0.25, -0.2) is 0 Å². The van der Waals surface area contributed by atoms with Crippen LogP contribution in [-0.4, -0.2) is 13.1 Å². The summed E-state index contributed by atoms with van der Waals surface area (Å²) in [5.41, 5.74) is 3.25. The molecule has 0 heterocycles. The van der Waals surface area contributed by atoms with Crippen LogP contribution in [0.2, 0.25) is 0 Å². The molecule has 3 aromatic rings. The largest absolute Gasteiger partial charge is 0.493 e. The Labute approximate surface area is 170 Å². The molecule has 0 amide bonds. The molecular formula is C25H21NO3. The Hall–Kier alpha value is -3.84. The molecule has 3 aromatic carbocycles. The first-order valence-electron chi connectivity index (χ1n) is 9.29. The molecule has 4 nitrogen and oxygen atoms in total.